The van der Waals surface area contributed by atoms with E-state index in [1.807, 2.05) is 88.4 Å². The van der Waals surface area contributed by atoms with Gasteiger partial charge in [-0.1, -0.05) is 88.4 Å². The molecule has 2 aliphatic heterocycles. The molecule has 0 saturated carbocycles. The van der Waals surface area contributed by atoms with Crippen LogP contribution >= 0.6 is 0 Å². The second-order valence-electron chi connectivity index (χ2n) is 10.9. The summed E-state index contributed by atoms with van der Waals surface area (Å²) in [6.07, 6.45) is -0.875. The molecule has 2 aromatic rings. The highest BCUT2D eigenvalue weighted by Gasteiger charge is 2.63. The minimum atomic E-state index is -1.11. The largest absolute Gasteiger partial charge is 0.449 e. The summed E-state index contributed by atoms with van der Waals surface area (Å²) in [5.41, 5.74) is -0.668. The van der Waals surface area contributed by atoms with Gasteiger partial charge in [-0.3, -0.25) is 4.79 Å². The lowest BCUT2D eigenvalue weighted by Crippen LogP contribution is -2.74. The number of benzene rings is 2. The Morgan fingerprint density at radius 3 is 1.33 bits per heavy atom. The van der Waals surface area contributed by atoms with Gasteiger partial charge in [0.05, 0.1) is 24.0 Å². The van der Waals surface area contributed by atoms with Crippen LogP contribution in [0.2, 0.25) is 0 Å². The molecule has 0 atom stereocenters. The van der Waals surface area contributed by atoms with Crippen LogP contribution in [0, 0.1) is 11.8 Å². The molecule has 2 heterocycles. The fourth-order valence-electron chi connectivity index (χ4n) is 5.32. The standard InChI is InChI=1S/C29H36N2O5/c1-21(2)15-35-26(33)30-17-28(23-11-7-5-8-12-23)19-31(27(34)36-16-22(3)4)20-29(18-30,25(28)32)24-13-9-6-10-14-24/h5-14,21-22H,15-20H2,1-4H3. The average molecular weight is 493 g/mol. The van der Waals surface area contributed by atoms with Crippen LogP contribution in [0.1, 0.15) is 38.8 Å². The van der Waals surface area contributed by atoms with Crippen molar-refractivity contribution in [1.29, 1.82) is 0 Å². The molecular weight excluding hydrogens is 456 g/mol. The van der Waals surface area contributed by atoms with Gasteiger partial charge in [0.2, 0.25) is 0 Å². The molecule has 192 valence electrons. The summed E-state index contributed by atoms with van der Waals surface area (Å²) in [6, 6.07) is 18.9. The number of carbonyl (C=O) groups excluding carboxylic acids is 3. The zero-order valence-electron chi connectivity index (χ0n) is 21.6. The Hall–Kier alpha value is -3.35. The van der Waals surface area contributed by atoms with Crippen LogP contribution in [-0.2, 0) is 25.1 Å². The number of piperidine rings is 2. The number of ketones is 1. The minimum absolute atomic E-state index is 0.0215. The second-order valence-corrected chi connectivity index (χ2v) is 10.9. The van der Waals surface area contributed by atoms with Gasteiger partial charge in [0.15, 0.2) is 5.78 Å². The van der Waals surface area contributed by atoms with Crippen LogP contribution in [0.4, 0.5) is 9.59 Å². The minimum Gasteiger partial charge on any atom is -0.449 e. The summed E-state index contributed by atoms with van der Waals surface area (Å²) < 4.78 is 11.2. The lowest BCUT2D eigenvalue weighted by atomic mass is 9.58. The molecule has 36 heavy (non-hydrogen) atoms. The van der Waals surface area contributed by atoms with E-state index in [-0.39, 0.29) is 43.8 Å². The maximum Gasteiger partial charge on any atom is 0.409 e. The van der Waals surface area contributed by atoms with E-state index in [0.29, 0.717) is 13.2 Å². The SMILES string of the molecule is CC(C)COC(=O)N1CC2(c3ccccc3)CN(C(=O)OCC(C)C)CC(c3ccccc3)(C1)C2=O. The number of fused-ring (bicyclic) bond motifs is 2. The van der Waals surface area contributed by atoms with Crippen molar-refractivity contribution in [3.8, 4) is 0 Å². The van der Waals surface area contributed by atoms with Crippen LogP contribution < -0.4 is 0 Å². The Morgan fingerprint density at radius 2 is 1.03 bits per heavy atom. The second kappa shape index (κ2) is 10.3. The van der Waals surface area contributed by atoms with Gasteiger partial charge >= 0.3 is 12.2 Å². The van der Waals surface area contributed by atoms with E-state index in [9.17, 15) is 14.4 Å². The number of amides is 2. The van der Waals surface area contributed by atoms with Crippen molar-refractivity contribution < 1.29 is 23.9 Å². The zero-order chi connectivity index (χ0) is 25.9. The van der Waals surface area contributed by atoms with Gasteiger partial charge < -0.3 is 19.3 Å². The van der Waals surface area contributed by atoms with Gasteiger partial charge in [-0.15, -0.1) is 0 Å². The van der Waals surface area contributed by atoms with Crippen molar-refractivity contribution >= 4 is 18.0 Å². The van der Waals surface area contributed by atoms with E-state index >= 15 is 0 Å². The van der Waals surface area contributed by atoms with Gasteiger partial charge in [0.25, 0.3) is 0 Å². The highest BCUT2D eigenvalue weighted by atomic mass is 16.6. The first-order valence-electron chi connectivity index (χ1n) is 12.7. The first kappa shape index (κ1) is 25.7. The molecule has 0 aliphatic carbocycles. The smallest absolute Gasteiger partial charge is 0.409 e. The lowest BCUT2D eigenvalue weighted by molar-refractivity contribution is -0.142. The van der Waals surface area contributed by atoms with Gasteiger partial charge in [-0.05, 0) is 23.0 Å². The highest BCUT2D eigenvalue weighted by molar-refractivity contribution is 6.03. The molecule has 0 unspecified atom stereocenters. The lowest BCUT2D eigenvalue weighted by Gasteiger charge is -2.56. The molecule has 0 N–H and O–H groups in total. The summed E-state index contributed by atoms with van der Waals surface area (Å²) in [5, 5.41) is 0. The zero-order valence-corrected chi connectivity index (χ0v) is 21.6. The van der Waals surface area contributed by atoms with Gasteiger partial charge in [-0.25, -0.2) is 9.59 Å². The Morgan fingerprint density at radius 1 is 0.694 bits per heavy atom. The maximum atomic E-state index is 14.6. The monoisotopic (exact) mass is 492 g/mol. The van der Waals surface area contributed by atoms with Crippen molar-refractivity contribution in [2.24, 2.45) is 11.8 Å². The molecule has 7 nitrogen and oxygen atoms in total. The Balaban J connectivity index is 1.83. The molecule has 2 fully saturated rings. The Labute approximate surface area is 213 Å². The average Bonchev–Trinajstić information content (AvgIpc) is 2.87. The molecular formula is C29H36N2O5. The topological polar surface area (TPSA) is 76.2 Å². The molecule has 2 amide bonds. The van der Waals surface area contributed by atoms with E-state index in [4.69, 9.17) is 9.47 Å². The quantitative estimate of drug-likeness (QED) is 0.587. The number of nitrogens with zero attached hydrogens (tertiary/aromatic N) is 2. The molecule has 0 radical (unpaired) electrons. The van der Waals surface area contributed by atoms with Crippen LogP contribution in [0.15, 0.2) is 60.7 Å². The summed E-state index contributed by atoms with van der Waals surface area (Å²) in [7, 11) is 0. The normalized spacial score (nSPS) is 23.7. The third-order valence-corrected chi connectivity index (χ3v) is 6.96. The Bertz CT molecular complexity index is 986. The number of hydrogen-bond donors (Lipinski definition) is 0. The number of Topliss-reactive ketones (excluding diaryl/α,β-unsaturated/α-hetero) is 1. The third kappa shape index (κ3) is 4.84. The van der Waals surface area contributed by atoms with E-state index in [0.717, 1.165) is 11.1 Å². The van der Waals surface area contributed by atoms with Crippen LogP contribution in [0.5, 0.6) is 0 Å². The predicted molar refractivity (Wildman–Crippen MR) is 137 cm³/mol. The van der Waals surface area contributed by atoms with Crippen LogP contribution in [0.25, 0.3) is 0 Å². The number of carbonyl (C=O) groups is 3. The molecule has 2 aromatic carbocycles. The first-order chi connectivity index (χ1) is 17.2. The molecule has 2 bridgehead atoms. The molecule has 2 saturated heterocycles. The van der Waals surface area contributed by atoms with Gasteiger partial charge in [0.1, 0.15) is 0 Å². The fraction of sp³-hybridized carbons (Fsp3) is 0.483. The van der Waals surface area contributed by atoms with Crippen LogP contribution in [-0.4, -0.2) is 67.2 Å². The number of rotatable bonds is 6. The fourth-order valence-corrected chi connectivity index (χ4v) is 5.32. The van der Waals surface area contributed by atoms with E-state index in [1.54, 1.807) is 9.80 Å². The molecule has 4 rings (SSSR count). The van der Waals surface area contributed by atoms with Crippen molar-refractivity contribution in [3.63, 3.8) is 0 Å². The Kier molecular flexibility index (Phi) is 7.38. The first-order valence-corrected chi connectivity index (χ1v) is 12.7. The van der Waals surface area contributed by atoms with Crippen molar-refractivity contribution in [1.82, 2.24) is 9.80 Å². The van der Waals surface area contributed by atoms with Crippen molar-refractivity contribution in [2.45, 2.75) is 38.5 Å². The number of hydrogen-bond acceptors (Lipinski definition) is 5. The van der Waals surface area contributed by atoms with E-state index in [2.05, 4.69) is 0 Å². The van der Waals surface area contributed by atoms with Gasteiger partial charge in [0, 0.05) is 26.2 Å². The summed E-state index contributed by atoms with van der Waals surface area (Å²) in [6.45, 7) is 9.08. The molecule has 2 aliphatic rings. The summed E-state index contributed by atoms with van der Waals surface area (Å²) in [5.74, 6) is 0.405. The van der Waals surface area contributed by atoms with E-state index in [1.165, 1.54) is 0 Å². The molecule has 7 heteroatoms. The molecule has 0 aromatic heterocycles. The van der Waals surface area contributed by atoms with Crippen molar-refractivity contribution in [3.05, 3.63) is 71.8 Å². The van der Waals surface area contributed by atoms with E-state index < -0.39 is 23.0 Å². The number of ether oxygens (including phenoxy) is 2. The maximum absolute atomic E-state index is 14.6. The third-order valence-electron chi connectivity index (χ3n) is 6.96. The van der Waals surface area contributed by atoms with Gasteiger partial charge in [-0.2, -0.15) is 0 Å². The summed E-state index contributed by atoms with van der Waals surface area (Å²) >= 11 is 0. The summed E-state index contributed by atoms with van der Waals surface area (Å²) in [4.78, 5) is 44.4. The molecule has 0 spiro atoms. The van der Waals surface area contributed by atoms with Crippen LogP contribution in [0.3, 0.4) is 0 Å². The van der Waals surface area contributed by atoms with Crippen molar-refractivity contribution in [2.75, 3.05) is 39.4 Å². The predicted octanol–water partition coefficient (Wildman–Crippen LogP) is 4.65. The number of likely N-dealkylation sites (tertiary alicyclic amines) is 2. The highest BCUT2D eigenvalue weighted by Crippen LogP contribution is 2.46.